The summed E-state index contributed by atoms with van der Waals surface area (Å²) in [7, 11) is -3.59. The zero-order valence-electron chi connectivity index (χ0n) is 10.6. The maximum absolute atomic E-state index is 12.0. The minimum Gasteiger partial charge on any atom is -0.316 e. The lowest BCUT2D eigenvalue weighted by atomic mass is 10.1. The fourth-order valence-corrected chi connectivity index (χ4v) is 3.06. The van der Waals surface area contributed by atoms with Gasteiger partial charge in [-0.25, -0.2) is 13.1 Å². The van der Waals surface area contributed by atoms with Crippen LogP contribution in [-0.2, 0) is 10.0 Å². The van der Waals surface area contributed by atoms with E-state index in [4.69, 9.17) is 0 Å². The van der Waals surface area contributed by atoms with Crippen LogP contribution in [0.3, 0.4) is 0 Å². The highest BCUT2D eigenvalue weighted by molar-refractivity contribution is 7.89. The summed E-state index contributed by atoms with van der Waals surface area (Å²) < 4.78 is 26.5. The van der Waals surface area contributed by atoms with Crippen LogP contribution >= 0.6 is 12.4 Å². The molecule has 1 heterocycles. The monoisotopic (exact) mass is 321 g/mol. The Labute approximate surface area is 123 Å². The second-order valence-corrected chi connectivity index (χ2v) is 6.23. The van der Waals surface area contributed by atoms with Crippen LogP contribution in [0.2, 0.25) is 0 Å². The summed E-state index contributed by atoms with van der Waals surface area (Å²) in [4.78, 5) is 9.98. The first kappa shape index (κ1) is 16.8. The molecule has 2 N–H and O–H groups in total. The van der Waals surface area contributed by atoms with Crippen LogP contribution in [0.5, 0.6) is 0 Å². The van der Waals surface area contributed by atoms with Crippen molar-refractivity contribution in [2.75, 3.05) is 19.6 Å². The van der Waals surface area contributed by atoms with Gasteiger partial charge in [-0.05, 0) is 37.6 Å². The maximum Gasteiger partial charge on any atom is 0.269 e. The van der Waals surface area contributed by atoms with Crippen LogP contribution in [0.25, 0.3) is 0 Å². The van der Waals surface area contributed by atoms with Crippen LogP contribution < -0.4 is 10.0 Å². The first-order valence-electron chi connectivity index (χ1n) is 5.94. The normalized spacial score (nSPS) is 18.5. The third-order valence-electron chi connectivity index (χ3n) is 3.08. The number of hydrogen-bond acceptors (Lipinski definition) is 5. The number of halogens is 1. The molecule has 112 valence electrons. The topological polar surface area (TPSA) is 101 Å². The highest BCUT2D eigenvalue weighted by Crippen LogP contribution is 2.16. The van der Waals surface area contributed by atoms with E-state index in [0.29, 0.717) is 12.5 Å². The lowest BCUT2D eigenvalue weighted by Gasteiger charge is -2.10. The highest BCUT2D eigenvalue weighted by Gasteiger charge is 2.20. The van der Waals surface area contributed by atoms with E-state index in [1.807, 2.05) is 0 Å². The van der Waals surface area contributed by atoms with Crippen molar-refractivity contribution in [2.45, 2.75) is 11.3 Å². The average Bonchev–Trinajstić information content (AvgIpc) is 2.90. The molecule has 0 bridgehead atoms. The molecule has 1 aromatic rings. The molecule has 1 fully saturated rings. The number of sulfonamides is 1. The number of rotatable bonds is 5. The Morgan fingerprint density at radius 2 is 2.00 bits per heavy atom. The second kappa shape index (κ2) is 6.98. The van der Waals surface area contributed by atoms with Crippen LogP contribution in [-0.4, -0.2) is 33.0 Å². The molecule has 7 nitrogen and oxygen atoms in total. The molecular weight excluding hydrogens is 306 g/mol. The molecule has 1 unspecified atom stereocenters. The molecule has 2 rings (SSSR count). The van der Waals surface area contributed by atoms with Gasteiger partial charge in [0, 0.05) is 18.7 Å². The third kappa shape index (κ3) is 4.14. The highest BCUT2D eigenvalue weighted by atomic mass is 35.5. The molecule has 0 aromatic heterocycles. The Balaban J connectivity index is 0.00000200. The van der Waals surface area contributed by atoms with E-state index in [2.05, 4.69) is 10.0 Å². The smallest absolute Gasteiger partial charge is 0.269 e. The molecule has 1 aromatic carbocycles. The minimum atomic E-state index is -3.59. The summed E-state index contributed by atoms with van der Waals surface area (Å²) in [5, 5.41) is 13.7. The van der Waals surface area contributed by atoms with E-state index in [0.717, 1.165) is 19.5 Å². The maximum atomic E-state index is 12.0. The van der Waals surface area contributed by atoms with Crippen LogP contribution in [0.1, 0.15) is 6.42 Å². The summed E-state index contributed by atoms with van der Waals surface area (Å²) in [6.07, 6.45) is 0.947. The van der Waals surface area contributed by atoms with E-state index in [-0.39, 0.29) is 23.0 Å². The molecule has 20 heavy (non-hydrogen) atoms. The largest absolute Gasteiger partial charge is 0.316 e. The van der Waals surface area contributed by atoms with E-state index in [9.17, 15) is 18.5 Å². The van der Waals surface area contributed by atoms with Crippen molar-refractivity contribution < 1.29 is 13.3 Å². The number of nitrogens with zero attached hydrogens (tertiary/aromatic N) is 1. The Hall–Kier alpha value is -1.22. The molecule has 1 aliphatic rings. The molecule has 9 heteroatoms. The van der Waals surface area contributed by atoms with E-state index < -0.39 is 14.9 Å². The molecule has 1 saturated heterocycles. The molecule has 0 amide bonds. The van der Waals surface area contributed by atoms with Gasteiger partial charge in [-0.2, -0.15) is 0 Å². The van der Waals surface area contributed by atoms with Gasteiger partial charge in [0.1, 0.15) is 0 Å². The summed E-state index contributed by atoms with van der Waals surface area (Å²) in [6, 6.07) is 4.86. The van der Waals surface area contributed by atoms with E-state index in [1.165, 1.54) is 24.3 Å². The van der Waals surface area contributed by atoms with Gasteiger partial charge in [0.05, 0.1) is 9.82 Å². The minimum absolute atomic E-state index is 0. The number of non-ortho nitro benzene ring substituents is 1. The number of nitro benzene ring substituents is 1. The van der Waals surface area contributed by atoms with Crippen molar-refractivity contribution in [1.82, 2.24) is 10.0 Å². The van der Waals surface area contributed by atoms with Crippen molar-refractivity contribution in [3.63, 3.8) is 0 Å². The van der Waals surface area contributed by atoms with Crippen molar-refractivity contribution >= 4 is 28.1 Å². The van der Waals surface area contributed by atoms with E-state index >= 15 is 0 Å². The Kier molecular flexibility index (Phi) is 5.88. The zero-order valence-corrected chi connectivity index (χ0v) is 12.2. The summed E-state index contributed by atoms with van der Waals surface area (Å²) in [6.45, 7) is 2.10. The Morgan fingerprint density at radius 1 is 1.35 bits per heavy atom. The molecule has 0 saturated carbocycles. The van der Waals surface area contributed by atoms with Gasteiger partial charge in [-0.1, -0.05) is 0 Å². The predicted octanol–water partition coefficient (Wildman–Crippen LogP) is 0.904. The molecule has 1 aliphatic heterocycles. The van der Waals surface area contributed by atoms with Gasteiger partial charge in [-0.3, -0.25) is 10.1 Å². The van der Waals surface area contributed by atoms with Gasteiger partial charge < -0.3 is 5.32 Å². The van der Waals surface area contributed by atoms with Crippen LogP contribution in [0.4, 0.5) is 5.69 Å². The summed E-state index contributed by atoms with van der Waals surface area (Å²) >= 11 is 0. The van der Waals surface area contributed by atoms with Crippen molar-refractivity contribution in [3.8, 4) is 0 Å². The molecule has 0 radical (unpaired) electrons. The van der Waals surface area contributed by atoms with E-state index in [1.54, 1.807) is 0 Å². The number of hydrogen-bond donors (Lipinski definition) is 2. The lowest BCUT2D eigenvalue weighted by Crippen LogP contribution is -2.30. The lowest BCUT2D eigenvalue weighted by molar-refractivity contribution is -0.384. The SMILES string of the molecule is Cl.O=[N+]([O-])c1ccc(S(=O)(=O)NCC2CCNC2)cc1. The molecule has 0 spiro atoms. The fraction of sp³-hybridized carbons (Fsp3) is 0.455. The van der Waals surface area contributed by atoms with Gasteiger partial charge in [-0.15, -0.1) is 12.4 Å². The Bertz CT molecular complexity index is 556. The molecule has 1 atom stereocenters. The van der Waals surface area contributed by atoms with Gasteiger partial charge in [0.2, 0.25) is 10.0 Å². The van der Waals surface area contributed by atoms with Gasteiger partial charge in [0.15, 0.2) is 0 Å². The van der Waals surface area contributed by atoms with Crippen molar-refractivity contribution in [3.05, 3.63) is 34.4 Å². The quantitative estimate of drug-likeness (QED) is 0.620. The molecular formula is C11H16ClN3O4S. The summed E-state index contributed by atoms with van der Waals surface area (Å²) in [5.74, 6) is 0.299. The third-order valence-corrected chi connectivity index (χ3v) is 4.52. The standard InChI is InChI=1S/C11H15N3O4S.ClH/c15-14(16)10-1-3-11(4-2-10)19(17,18)13-8-9-5-6-12-7-9;/h1-4,9,12-13H,5-8H2;1H. The second-order valence-electron chi connectivity index (χ2n) is 4.46. The number of nitrogens with one attached hydrogen (secondary N) is 2. The molecule has 0 aliphatic carbocycles. The first-order chi connectivity index (χ1) is 8.99. The van der Waals surface area contributed by atoms with Crippen LogP contribution in [0.15, 0.2) is 29.2 Å². The Morgan fingerprint density at radius 3 is 2.50 bits per heavy atom. The predicted molar refractivity (Wildman–Crippen MR) is 76.5 cm³/mol. The summed E-state index contributed by atoms with van der Waals surface area (Å²) in [5.41, 5.74) is -0.126. The number of nitro groups is 1. The van der Waals surface area contributed by atoms with Gasteiger partial charge >= 0.3 is 0 Å². The van der Waals surface area contributed by atoms with Crippen LogP contribution in [0, 0.1) is 16.0 Å². The van der Waals surface area contributed by atoms with Crippen molar-refractivity contribution in [2.24, 2.45) is 5.92 Å². The van der Waals surface area contributed by atoms with Crippen molar-refractivity contribution in [1.29, 1.82) is 0 Å². The zero-order chi connectivity index (χ0) is 13.9. The first-order valence-corrected chi connectivity index (χ1v) is 7.42. The van der Waals surface area contributed by atoms with Gasteiger partial charge in [0.25, 0.3) is 5.69 Å². The fourth-order valence-electron chi connectivity index (χ4n) is 1.95. The number of benzene rings is 1. The average molecular weight is 322 g/mol.